The number of H-pyrrole nitrogens is 1. The van der Waals surface area contributed by atoms with Crippen LogP contribution in [-0.2, 0) is 9.53 Å². The molecule has 3 heterocycles. The molecule has 1 aliphatic heterocycles. The molecule has 0 spiro atoms. The number of hydrogen-bond acceptors (Lipinski definition) is 7. The van der Waals surface area contributed by atoms with Crippen LogP contribution in [0.3, 0.4) is 0 Å². The largest absolute Gasteiger partial charge is 0.378 e. The van der Waals surface area contributed by atoms with Gasteiger partial charge in [0, 0.05) is 36.7 Å². The van der Waals surface area contributed by atoms with Crippen LogP contribution in [0.4, 0.5) is 5.82 Å². The third kappa shape index (κ3) is 4.17. The van der Waals surface area contributed by atoms with Crippen LogP contribution in [0.1, 0.15) is 19.0 Å². The van der Waals surface area contributed by atoms with Crippen molar-refractivity contribution in [2.45, 2.75) is 18.2 Å². The second-order valence-corrected chi connectivity index (χ2v) is 7.60. The van der Waals surface area contributed by atoms with Gasteiger partial charge in [0.1, 0.15) is 5.82 Å². The van der Waals surface area contributed by atoms with E-state index in [1.54, 1.807) is 24.2 Å². The number of nitrogens with one attached hydrogen (secondary N) is 2. The molecular formula is C21H24N6O2S. The van der Waals surface area contributed by atoms with Crippen LogP contribution in [0.25, 0.3) is 28.4 Å². The minimum absolute atomic E-state index is 0.0391. The summed E-state index contributed by atoms with van der Waals surface area (Å²) in [6.07, 6.45) is 7.72. The molecule has 1 saturated heterocycles. The maximum Gasteiger partial charge on any atom is 0.223 e. The Kier molecular flexibility index (Phi) is 6.29. The Bertz CT molecular complexity index is 1070. The van der Waals surface area contributed by atoms with Crippen LogP contribution in [0, 0.1) is 0 Å². The summed E-state index contributed by atoms with van der Waals surface area (Å²) in [5, 5.41) is 10.9. The van der Waals surface area contributed by atoms with Gasteiger partial charge in [-0.1, -0.05) is 19.1 Å². The molecule has 2 N–H and O–H groups in total. The molecule has 30 heavy (non-hydrogen) atoms. The van der Waals surface area contributed by atoms with Gasteiger partial charge in [-0.25, -0.2) is 9.97 Å². The molecule has 1 aromatic carbocycles. The predicted molar refractivity (Wildman–Crippen MR) is 119 cm³/mol. The maximum absolute atomic E-state index is 11.6. The predicted octanol–water partition coefficient (Wildman–Crippen LogP) is 3.08. The molecule has 2 aromatic heterocycles. The number of hydrogen-bond donors (Lipinski definition) is 2. The lowest BCUT2D eigenvalue weighted by molar-refractivity contribution is -0.119. The Balaban J connectivity index is 1.84. The van der Waals surface area contributed by atoms with Crippen molar-refractivity contribution in [3.63, 3.8) is 0 Å². The molecule has 0 atom stereocenters. The molecule has 0 bridgehead atoms. The summed E-state index contributed by atoms with van der Waals surface area (Å²) < 4.78 is 5.52. The van der Waals surface area contributed by atoms with Crippen molar-refractivity contribution in [3.05, 3.63) is 36.3 Å². The first-order valence-corrected chi connectivity index (χ1v) is 11.1. The van der Waals surface area contributed by atoms with E-state index in [9.17, 15) is 4.79 Å². The Morgan fingerprint density at radius 3 is 2.93 bits per heavy atom. The number of aromatic amines is 1. The number of nitrogens with zero attached hydrogens (tertiary/aromatic N) is 4. The number of fused-ring (bicyclic) bond motifs is 1. The van der Waals surface area contributed by atoms with E-state index in [0.717, 1.165) is 46.0 Å². The molecule has 156 valence electrons. The van der Waals surface area contributed by atoms with E-state index < -0.39 is 0 Å². The number of aromatic nitrogens is 4. The van der Waals surface area contributed by atoms with Crippen LogP contribution in [0.5, 0.6) is 0 Å². The van der Waals surface area contributed by atoms with Gasteiger partial charge in [-0.05, 0) is 18.4 Å². The lowest BCUT2D eigenvalue weighted by Gasteiger charge is -2.29. The van der Waals surface area contributed by atoms with E-state index in [0.29, 0.717) is 25.5 Å². The molecule has 1 fully saturated rings. The molecule has 1 amide bonds. The lowest BCUT2D eigenvalue weighted by atomic mass is 10.1. The number of carbonyl (C=O) groups is 1. The molecule has 4 rings (SSSR count). The molecular weight excluding hydrogens is 400 g/mol. The van der Waals surface area contributed by atoms with Crippen LogP contribution in [-0.4, -0.2) is 58.6 Å². The average molecular weight is 425 g/mol. The first-order valence-electron chi connectivity index (χ1n) is 9.88. The maximum atomic E-state index is 11.6. The van der Waals surface area contributed by atoms with E-state index in [1.807, 2.05) is 37.5 Å². The number of benzene rings is 1. The van der Waals surface area contributed by atoms with Crippen molar-refractivity contribution in [2.24, 2.45) is 0 Å². The molecule has 0 unspecified atom stereocenters. The fourth-order valence-electron chi connectivity index (χ4n) is 3.35. The monoisotopic (exact) mass is 424 g/mol. The molecule has 8 nitrogen and oxygen atoms in total. The normalized spacial score (nSPS) is 14.5. The number of carbonyl (C=O) groups excluding carboxylic acids is 1. The minimum Gasteiger partial charge on any atom is -0.378 e. The topological polar surface area (TPSA) is 96.0 Å². The summed E-state index contributed by atoms with van der Waals surface area (Å²) in [6.45, 7) is 4.71. The summed E-state index contributed by atoms with van der Waals surface area (Å²) in [7, 11) is 0. The highest BCUT2D eigenvalue weighted by Gasteiger charge is 2.21. The fraction of sp³-hybridized carbons (Fsp3) is 0.333. The SMILES string of the molecule is CCC(=O)N/C=C/c1nc(-c2cccc3[nH]ncc23)nc(N2CCOCC2)c1SC. The van der Waals surface area contributed by atoms with Gasteiger partial charge in [-0.3, -0.25) is 9.89 Å². The summed E-state index contributed by atoms with van der Waals surface area (Å²) >= 11 is 1.60. The van der Waals surface area contributed by atoms with E-state index >= 15 is 0 Å². The number of amides is 1. The van der Waals surface area contributed by atoms with Crippen LogP contribution < -0.4 is 10.2 Å². The van der Waals surface area contributed by atoms with Crippen molar-refractivity contribution < 1.29 is 9.53 Å². The van der Waals surface area contributed by atoms with E-state index in [1.165, 1.54) is 0 Å². The van der Waals surface area contributed by atoms with Crippen molar-refractivity contribution >= 4 is 40.5 Å². The Morgan fingerprint density at radius 1 is 1.33 bits per heavy atom. The van der Waals surface area contributed by atoms with Gasteiger partial charge in [0.25, 0.3) is 0 Å². The second kappa shape index (κ2) is 9.27. The second-order valence-electron chi connectivity index (χ2n) is 6.78. The quantitative estimate of drug-likeness (QED) is 0.587. The van der Waals surface area contributed by atoms with Crippen LogP contribution in [0.15, 0.2) is 35.5 Å². The third-order valence-electron chi connectivity index (χ3n) is 4.92. The van der Waals surface area contributed by atoms with E-state index in [-0.39, 0.29) is 5.91 Å². The molecule has 3 aromatic rings. The number of anilines is 1. The summed E-state index contributed by atoms with van der Waals surface area (Å²) in [6, 6.07) is 5.94. The zero-order chi connectivity index (χ0) is 20.9. The smallest absolute Gasteiger partial charge is 0.223 e. The van der Waals surface area contributed by atoms with Gasteiger partial charge in [0.15, 0.2) is 5.82 Å². The molecule has 1 aliphatic rings. The third-order valence-corrected chi connectivity index (χ3v) is 5.72. The van der Waals surface area contributed by atoms with Crippen molar-refractivity contribution in [2.75, 3.05) is 37.5 Å². The van der Waals surface area contributed by atoms with Crippen LogP contribution >= 0.6 is 11.8 Å². The van der Waals surface area contributed by atoms with E-state index in [4.69, 9.17) is 14.7 Å². The highest BCUT2D eigenvalue weighted by Crippen LogP contribution is 2.34. The van der Waals surface area contributed by atoms with Gasteiger partial charge in [0.2, 0.25) is 5.91 Å². The van der Waals surface area contributed by atoms with Gasteiger partial charge >= 0.3 is 0 Å². The minimum atomic E-state index is -0.0391. The molecule has 0 aliphatic carbocycles. The summed E-state index contributed by atoms with van der Waals surface area (Å²) in [5.74, 6) is 1.48. The lowest BCUT2D eigenvalue weighted by Crippen LogP contribution is -2.37. The van der Waals surface area contributed by atoms with Crippen LogP contribution in [0.2, 0.25) is 0 Å². The Labute approximate surface area is 179 Å². The summed E-state index contributed by atoms with van der Waals surface area (Å²) in [5.41, 5.74) is 2.62. The molecule has 0 radical (unpaired) electrons. The van der Waals surface area contributed by atoms with Crippen molar-refractivity contribution in [1.82, 2.24) is 25.5 Å². The molecule has 9 heteroatoms. The standard InChI is InChI=1S/C21H24N6O2S/c1-3-18(28)22-8-7-17-19(30-2)21(27-9-11-29-12-10-27)25-20(24-17)14-5-4-6-16-15(14)13-23-26-16/h4-8,13H,3,9-12H2,1-2H3,(H,22,28)(H,23,26)/b8-7+. The van der Waals surface area contributed by atoms with Gasteiger partial charge < -0.3 is 15.0 Å². The fourth-order valence-corrected chi connectivity index (χ4v) is 4.03. The zero-order valence-corrected chi connectivity index (χ0v) is 17.8. The molecule has 0 saturated carbocycles. The number of thioether (sulfide) groups is 1. The number of ether oxygens (including phenoxy) is 1. The zero-order valence-electron chi connectivity index (χ0n) is 17.0. The highest BCUT2D eigenvalue weighted by atomic mass is 32.2. The highest BCUT2D eigenvalue weighted by molar-refractivity contribution is 7.98. The number of rotatable bonds is 6. The van der Waals surface area contributed by atoms with Crippen molar-refractivity contribution in [1.29, 1.82) is 0 Å². The van der Waals surface area contributed by atoms with Crippen molar-refractivity contribution in [3.8, 4) is 11.4 Å². The van der Waals surface area contributed by atoms with Gasteiger partial charge in [0.05, 0.1) is 35.5 Å². The van der Waals surface area contributed by atoms with Gasteiger partial charge in [-0.15, -0.1) is 11.8 Å². The summed E-state index contributed by atoms with van der Waals surface area (Å²) in [4.78, 5) is 24.7. The number of morpholine rings is 1. The average Bonchev–Trinajstić information content (AvgIpc) is 3.28. The first kappa shape index (κ1) is 20.4. The Morgan fingerprint density at radius 2 is 2.17 bits per heavy atom. The van der Waals surface area contributed by atoms with E-state index in [2.05, 4.69) is 20.4 Å². The Hall–Kier alpha value is -2.91. The van der Waals surface area contributed by atoms with Gasteiger partial charge in [-0.2, -0.15) is 5.10 Å². The first-order chi connectivity index (χ1) is 14.7.